The number of halogens is 1. The summed E-state index contributed by atoms with van der Waals surface area (Å²) in [4.78, 5) is 13.6. The van der Waals surface area contributed by atoms with E-state index >= 15 is 0 Å². The van der Waals surface area contributed by atoms with Crippen LogP contribution in [-0.2, 0) is 19.6 Å². The van der Waals surface area contributed by atoms with Crippen LogP contribution in [0.1, 0.15) is 5.56 Å². The summed E-state index contributed by atoms with van der Waals surface area (Å²) < 4.78 is 36.4. The second-order valence-electron chi connectivity index (χ2n) is 7.16. The van der Waals surface area contributed by atoms with Gasteiger partial charge in [0.25, 0.3) is 10.1 Å². The Morgan fingerprint density at radius 2 is 1.51 bits per heavy atom. The Morgan fingerprint density at radius 1 is 0.971 bits per heavy atom. The first-order chi connectivity index (χ1) is 16.2. The second kappa shape index (κ2) is 13.5. The number of carbonyl (C=O) groups excluding carboxylic acids is 1. The van der Waals surface area contributed by atoms with Gasteiger partial charge in [-0.25, -0.2) is 4.79 Å². The van der Waals surface area contributed by atoms with Gasteiger partial charge in [-0.1, -0.05) is 23.7 Å². The molecule has 3 aromatic rings. The van der Waals surface area contributed by atoms with Crippen molar-refractivity contribution in [3.8, 4) is 0 Å². The average Bonchev–Trinajstić information content (AvgIpc) is 2.82. The summed E-state index contributed by atoms with van der Waals surface area (Å²) in [6.45, 7) is 0.725. The molecule has 3 rings (SSSR count). The molecule has 0 amide bonds. The van der Waals surface area contributed by atoms with E-state index in [0.717, 1.165) is 11.3 Å². The Hall–Kier alpha value is -2.53. The first-order valence-corrected chi connectivity index (χ1v) is 11.9. The molecule has 0 aliphatic heterocycles. The fraction of sp³-hybridized carbons (Fsp3) is 0.125. The predicted octanol–water partition coefficient (Wildman–Crippen LogP) is 5.05. The van der Waals surface area contributed by atoms with Gasteiger partial charge >= 0.3 is 35.5 Å². The van der Waals surface area contributed by atoms with Crippen molar-refractivity contribution in [3.05, 3.63) is 89.5 Å². The minimum atomic E-state index is -4.24. The Morgan fingerprint density at radius 3 is 2.06 bits per heavy atom. The third-order valence-corrected chi connectivity index (χ3v) is 5.78. The predicted molar refractivity (Wildman–Crippen MR) is 139 cm³/mol. The normalized spacial score (nSPS) is 11.4. The third-order valence-electron chi connectivity index (χ3n) is 4.66. The molecule has 11 heteroatoms. The molecule has 35 heavy (non-hydrogen) atoms. The van der Waals surface area contributed by atoms with E-state index in [2.05, 4.69) is 10.2 Å². The van der Waals surface area contributed by atoms with Gasteiger partial charge in [0.05, 0.1) is 22.8 Å². The summed E-state index contributed by atoms with van der Waals surface area (Å²) in [6, 6.07) is 19.8. The van der Waals surface area contributed by atoms with Crippen molar-refractivity contribution in [1.29, 1.82) is 0 Å². The molecule has 0 aliphatic rings. The maximum atomic E-state index is 11.9. The Bertz CT molecular complexity index is 1280. The summed E-state index contributed by atoms with van der Waals surface area (Å²) in [5.74, 6) is -0.427. The van der Waals surface area contributed by atoms with Crippen molar-refractivity contribution in [2.45, 2.75) is 4.90 Å². The van der Waals surface area contributed by atoms with Crippen molar-refractivity contribution in [2.24, 2.45) is 10.2 Å². The Kier molecular flexibility index (Phi) is 11.1. The van der Waals surface area contributed by atoms with Crippen molar-refractivity contribution in [1.82, 2.24) is 0 Å². The maximum absolute atomic E-state index is 11.9. The number of likely N-dealkylation sites (N-methyl/N-ethyl adjacent to an activating group) is 1. The zero-order chi connectivity index (χ0) is 24.6. The van der Waals surface area contributed by atoms with Crippen LogP contribution in [0.25, 0.3) is 6.08 Å². The van der Waals surface area contributed by atoms with Crippen LogP contribution in [0.15, 0.2) is 94.0 Å². The quantitative estimate of drug-likeness (QED) is 0.138. The number of carbonyl (C=O) groups is 1. The van der Waals surface area contributed by atoms with Crippen LogP contribution in [-0.4, -0.2) is 68.7 Å². The minimum absolute atomic E-state index is 0. The van der Waals surface area contributed by atoms with Gasteiger partial charge in [-0.15, -0.1) is 0 Å². The summed E-state index contributed by atoms with van der Waals surface area (Å²) >= 11 is 5.84. The SMILES string of the molecule is CN(CCOC(=O)/C=C/c1ccc(Cl)cc1)c1ccc(N=Nc2ccc(S(=O)(=O)O)cc2)cc1.[NaH]. The van der Waals surface area contributed by atoms with Crippen LogP contribution in [0, 0.1) is 0 Å². The van der Waals surface area contributed by atoms with Crippen LogP contribution in [0.5, 0.6) is 0 Å². The fourth-order valence-electron chi connectivity index (χ4n) is 2.77. The van der Waals surface area contributed by atoms with Crippen molar-refractivity contribution in [2.75, 3.05) is 25.1 Å². The van der Waals surface area contributed by atoms with E-state index in [1.807, 2.05) is 36.2 Å². The number of azo groups is 1. The van der Waals surface area contributed by atoms with Crippen LogP contribution in [0.2, 0.25) is 5.02 Å². The molecule has 8 nitrogen and oxygen atoms in total. The standard InChI is InChI=1S/C24H22ClN3O5S.Na.H/c1-28(16-17-33-24(29)15-4-18-2-5-19(25)6-3-18)22-11-7-20(8-12-22)26-27-21-9-13-23(14-10-21)34(30,31)32;;/h2-15H,16-17H2,1H3,(H,30,31,32);;/b15-4+,27-26?;;. The summed E-state index contributed by atoms with van der Waals surface area (Å²) in [5.41, 5.74) is 2.81. The van der Waals surface area contributed by atoms with E-state index in [1.165, 1.54) is 30.3 Å². The average molecular weight is 524 g/mol. The van der Waals surface area contributed by atoms with Crippen molar-refractivity contribution in [3.63, 3.8) is 0 Å². The number of nitrogens with zero attached hydrogens (tertiary/aromatic N) is 3. The first kappa shape index (κ1) is 28.7. The van der Waals surface area contributed by atoms with Crippen molar-refractivity contribution < 1.29 is 22.5 Å². The van der Waals surface area contributed by atoms with E-state index in [1.54, 1.807) is 30.3 Å². The van der Waals surface area contributed by atoms with Crippen LogP contribution in [0.3, 0.4) is 0 Å². The molecule has 0 atom stereocenters. The van der Waals surface area contributed by atoms with E-state index in [4.69, 9.17) is 20.9 Å². The molecule has 0 spiro atoms. The summed E-state index contributed by atoms with van der Waals surface area (Å²) in [7, 11) is -2.36. The van der Waals surface area contributed by atoms with E-state index in [-0.39, 0.29) is 41.1 Å². The molecule has 178 valence electrons. The molecule has 0 bridgehead atoms. The molecular weight excluding hydrogens is 501 g/mol. The number of hydrogen-bond acceptors (Lipinski definition) is 7. The van der Waals surface area contributed by atoms with E-state index < -0.39 is 16.1 Å². The van der Waals surface area contributed by atoms with E-state index in [9.17, 15) is 13.2 Å². The molecule has 0 fully saturated rings. The number of rotatable bonds is 9. The summed E-state index contributed by atoms with van der Waals surface area (Å²) in [5, 5.41) is 8.80. The molecule has 0 saturated carbocycles. The second-order valence-corrected chi connectivity index (χ2v) is 9.02. The van der Waals surface area contributed by atoms with Gasteiger partial charge in [0.1, 0.15) is 6.61 Å². The monoisotopic (exact) mass is 523 g/mol. The Labute approximate surface area is 231 Å². The van der Waals surface area contributed by atoms with Gasteiger partial charge < -0.3 is 9.64 Å². The van der Waals surface area contributed by atoms with Gasteiger partial charge in [-0.05, 0) is 72.3 Å². The van der Waals surface area contributed by atoms with E-state index in [0.29, 0.717) is 22.9 Å². The van der Waals surface area contributed by atoms with Crippen LogP contribution < -0.4 is 4.90 Å². The Balaban J connectivity index is 0.00000432. The molecular formula is C24H23ClN3NaO5S. The fourth-order valence-corrected chi connectivity index (χ4v) is 3.38. The molecule has 0 radical (unpaired) electrons. The number of hydrogen-bond donors (Lipinski definition) is 1. The van der Waals surface area contributed by atoms with Gasteiger partial charge in [-0.3, -0.25) is 4.55 Å². The first-order valence-electron chi connectivity index (χ1n) is 10.1. The van der Waals surface area contributed by atoms with Gasteiger partial charge in [0, 0.05) is 23.8 Å². The van der Waals surface area contributed by atoms with Gasteiger partial charge in [-0.2, -0.15) is 18.6 Å². The topological polar surface area (TPSA) is 109 Å². The van der Waals surface area contributed by atoms with Gasteiger partial charge in [0.15, 0.2) is 0 Å². The van der Waals surface area contributed by atoms with Crippen molar-refractivity contribution >= 4 is 80.4 Å². The molecule has 1 N–H and O–H groups in total. The number of ether oxygens (including phenoxy) is 1. The van der Waals surface area contributed by atoms with Crippen LogP contribution >= 0.6 is 11.6 Å². The molecule has 3 aromatic carbocycles. The number of benzene rings is 3. The molecule has 0 aliphatic carbocycles. The third kappa shape index (κ3) is 9.56. The number of anilines is 1. The molecule has 0 aromatic heterocycles. The number of esters is 1. The molecule has 0 saturated heterocycles. The zero-order valence-corrected chi connectivity index (χ0v) is 19.8. The zero-order valence-electron chi connectivity index (χ0n) is 18.2. The molecule has 0 heterocycles. The van der Waals surface area contributed by atoms with Gasteiger partial charge in [0.2, 0.25) is 0 Å². The molecule has 0 unspecified atom stereocenters. The van der Waals surface area contributed by atoms with Crippen LogP contribution in [0.4, 0.5) is 17.1 Å². The summed E-state index contributed by atoms with van der Waals surface area (Å²) in [6.07, 6.45) is 3.04.